The maximum absolute atomic E-state index is 11.9. The first-order valence-electron chi connectivity index (χ1n) is 9.84. The number of benzene rings is 3. The molecule has 4 rings (SSSR count). The largest absolute Gasteiger partial charge is 0.497 e. The Kier molecular flexibility index (Phi) is 5.82. The zero-order valence-electron chi connectivity index (χ0n) is 17.2. The lowest BCUT2D eigenvalue weighted by Gasteiger charge is -2.13. The Labute approximate surface area is 185 Å². The van der Waals surface area contributed by atoms with E-state index in [0.717, 1.165) is 16.7 Å². The molecule has 0 unspecified atom stereocenters. The quantitative estimate of drug-likeness (QED) is 0.412. The summed E-state index contributed by atoms with van der Waals surface area (Å²) >= 11 is 0. The number of anilines is 2. The fraction of sp³-hybridized carbons (Fsp3) is 0.0385. The average Bonchev–Trinajstić information content (AvgIpc) is 2.84. The van der Waals surface area contributed by atoms with Gasteiger partial charge in [0, 0.05) is 11.3 Å². The van der Waals surface area contributed by atoms with E-state index in [1.54, 1.807) is 31.4 Å². The molecule has 0 saturated carbocycles. The van der Waals surface area contributed by atoms with Crippen LogP contribution in [0, 0.1) is 11.3 Å². The van der Waals surface area contributed by atoms with Gasteiger partial charge in [0.05, 0.1) is 18.4 Å². The monoisotopic (exact) mass is 421 g/mol. The van der Waals surface area contributed by atoms with Gasteiger partial charge >= 0.3 is 5.97 Å². The molecule has 0 radical (unpaired) electrons. The number of hydrogen-bond acceptors (Lipinski definition) is 5. The van der Waals surface area contributed by atoms with Crippen LogP contribution in [-0.2, 0) is 0 Å². The molecule has 0 aliphatic carbocycles. The molecule has 2 N–H and O–H groups in total. The Balaban J connectivity index is 1.75. The summed E-state index contributed by atoms with van der Waals surface area (Å²) in [6, 6.07) is 28.1. The third-order valence-electron chi connectivity index (χ3n) is 5.00. The van der Waals surface area contributed by atoms with Crippen LogP contribution >= 0.6 is 0 Å². The average molecular weight is 421 g/mol. The lowest BCUT2D eigenvalue weighted by Crippen LogP contribution is -2.07. The second-order valence-electron chi connectivity index (χ2n) is 6.99. The molecule has 0 aliphatic rings. The van der Waals surface area contributed by atoms with E-state index in [2.05, 4.69) is 10.3 Å². The summed E-state index contributed by atoms with van der Waals surface area (Å²) < 4.78 is 5.16. The SMILES string of the molecule is COc1ccc(Nc2nc(-c3ccc(-c4ccccc4)cc3)cc(C(=O)O)c2C#N)cc1. The molecule has 0 fully saturated rings. The lowest BCUT2D eigenvalue weighted by molar-refractivity contribution is 0.0696. The molecule has 0 spiro atoms. The zero-order valence-corrected chi connectivity index (χ0v) is 17.2. The van der Waals surface area contributed by atoms with E-state index in [9.17, 15) is 15.2 Å². The van der Waals surface area contributed by atoms with Crippen molar-refractivity contribution in [3.8, 4) is 34.2 Å². The third kappa shape index (κ3) is 4.27. The van der Waals surface area contributed by atoms with Gasteiger partial charge in [-0.3, -0.25) is 0 Å². The third-order valence-corrected chi connectivity index (χ3v) is 5.00. The molecule has 156 valence electrons. The van der Waals surface area contributed by atoms with Crippen LogP contribution in [0.2, 0.25) is 0 Å². The van der Waals surface area contributed by atoms with E-state index >= 15 is 0 Å². The number of rotatable bonds is 6. The highest BCUT2D eigenvalue weighted by atomic mass is 16.5. The van der Waals surface area contributed by atoms with E-state index in [-0.39, 0.29) is 16.9 Å². The van der Waals surface area contributed by atoms with Crippen molar-refractivity contribution in [2.45, 2.75) is 0 Å². The minimum atomic E-state index is -1.19. The summed E-state index contributed by atoms with van der Waals surface area (Å²) in [7, 11) is 1.57. The molecule has 0 atom stereocenters. The van der Waals surface area contributed by atoms with Crippen LogP contribution in [0.15, 0.2) is 84.9 Å². The standard InChI is InChI=1S/C26H19N3O3/c1-32-21-13-11-20(12-14-21)28-25-23(16-27)22(26(30)31)15-24(29-25)19-9-7-18(8-10-19)17-5-3-2-4-6-17/h2-15H,1H3,(H,28,29)(H,30,31). The highest BCUT2D eigenvalue weighted by molar-refractivity contribution is 5.94. The summed E-state index contributed by atoms with van der Waals surface area (Å²) in [5, 5.41) is 22.4. The molecule has 32 heavy (non-hydrogen) atoms. The van der Waals surface area contributed by atoms with Gasteiger partial charge < -0.3 is 15.2 Å². The van der Waals surface area contributed by atoms with E-state index in [0.29, 0.717) is 17.1 Å². The number of carbonyl (C=O) groups is 1. The van der Waals surface area contributed by atoms with Crippen LogP contribution in [0.3, 0.4) is 0 Å². The second-order valence-corrected chi connectivity index (χ2v) is 6.99. The van der Waals surface area contributed by atoms with Crippen LogP contribution < -0.4 is 10.1 Å². The maximum Gasteiger partial charge on any atom is 0.337 e. The first-order valence-corrected chi connectivity index (χ1v) is 9.84. The van der Waals surface area contributed by atoms with Crippen molar-refractivity contribution in [3.05, 3.63) is 96.1 Å². The van der Waals surface area contributed by atoms with Gasteiger partial charge in [0.15, 0.2) is 0 Å². The molecule has 0 amide bonds. The van der Waals surface area contributed by atoms with Crippen molar-refractivity contribution in [3.63, 3.8) is 0 Å². The number of nitriles is 1. The Bertz CT molecular complexity index is 1290. The number of carboxylic acid groups (broad SMARTS) is 1. The Hall–Kier alpha value is -4.63. The Morgan fingerprint density at radius 3 is 2.16 bits per heavy atom. The first-order chi connectivity index (χ1) is 15.6. The number of aromatic nitrogens is 1. The fourth-order valence-electron chi connectivity index (χ4n) is 3.34. The predicted molar refractivity (Wildman–Crippen MR) is 123 cm³/mol. The van der Waals surface area contributed by atoms with Crippen molar-refractivity contribution >= 4 is 17.5 Å². The topological polar surface area (TPSA) is 95.2 Å². The van der Waals surface area contributed by atoms with Gasteiger partial charge in [0.1, 0.15) is 23.2 Å². The highest BCUT2D eigenvalue weighted by Gasteiger charge is 2.19. The molecule has 6 heteroatoms. The van der Waals surface area contributed by atoms with E-state index in [1.807, 2.05) is 60.7 Å². The van der Waals surface area contributed by atoms with Gasteiger partial charge in [-0.05, 0) is 41.5 Å². The molecular formula is C26H19N3O3. The number of ether oxygens (including phenoxy) is 1. The molecule has 0 saturated heterocycles. The number of methoxy groups -OCH3 is 1. The molecular weight excluding hydrogens is 402 g/mol. The number of carboxylic acids is 1. The minimum absolute atomic E-state index is 0.0297. The molecule has 1 aromatic heterocycles. The molecule has 0 bridgehead atoms. The van der Waals surface area contributed by atoms with Crippen LogP contribution in [0.1, 0.15) is 15.9 Å². The zero-order chi connectivity index (χ0) is 22.5. The molecule has 4 aromatic rings. The Morgan fingerprint density at radius 1 is 0.938 bits per heavy atom. The van der Waals surface area contributed by atoms with Crippen LogP contribution in [0.25, 0.3) is 22.4 Å². The van der Waals surface area contributed by atoms with Crippen molar-refractivity contribution in [1.82, 2.24) is 4.98 Å². The van der Waals surface area contributed by atoms with Crippen LogP contribution in [-0.4, -0.2) is 23.2 Å². The number of pyridine rings is 1. The van der Waals surface area contributed by atoms with Crippen molar-refractivity contribution in [1.29, 1.82) is 5.26 Å². The van der Waals surface area contributed by atoms with Crippen molar-refractivity contribution in [2.75, 3.05) is 12.4 Å². The molecule has 1 heterocycles. The van der Waals surface area contributed by atoms with Gasteiger partial charge in [-0.2, -0.15) is 5.26 Å². The Morgan fingerprint density at radius 2 is 1.56 bits per heavy atom. The van der Waals surface area contributed by atoms with Gasteiger partial charge in [0.25, 0.3) is 0 Å². The smallest absolute Gasteiger partial charge is 0.337 e. The molecule has 0 aliphatic heterocycles. The van der Waals surface area contributed by atoms with Crippen LogP contribution in [0.4, 0.5) is 11.5 Å². The lowest BCUT2D eigenvalue weighted by atomic mass is 10.0. The van der Waals surface area contributed by atoms with Gasteiger partial charge in [0.2, 0.25) is 0 Å². The molecule has 6 nitrogen and oxygen atoms in total. The fourth-order valence-corrected chi connectivity index (χ4v) is 3.34. The number of hydrogen-bond donors (Lipinski definition) is 2. The molecule has 3 aromatic carbocycles. The predicted octanol–water partition coefficient (Wildman–Crippen LogP) is 5.74. The summed E-state index contributed by atoms with van der Waals surface area (Å²) in [5.74, 6) is -0.328. The van der Waals surface area contributed by atoms with Crippen molar-refractivity contribution in [2.24, 2.45) is 0 Å². The minimum Gasteiger partial charge on any atom is -0.497 e. The van der Waals surface area contributed by atoms with Gasteiger partial charge in [-0.15, -0.1) is 0 Å². The van der Waals surface area contributed by atoms with E-state index in [1.165, 1.54) is 6.07 Å². The normalized spacial score (nSPS) is 10.2. The second kappa shape index (κ2) is 9.02. The number of aromatic carboxylic acids is 1. The van der Waals surface area contributed by atoms with Gasteiger partial charge in [-0.1, -0.05) is 54.6 Å². The first kappa shape index (κ1) is 20.6. The van der Waals surface area contributed by atoms with E-state index in [4.69, 9.17) is 4.74 Å². The summed E-state index contributed by atoms with van der Waals surface area (Å²) in [6.07, 6.45) is 0. The summed E-state index contributed by atoms with van der Waals surface area (Å²) in [4.78, 5) is 16.4. The maximum atomic E-state index is 11.9. The van der Waals surface area contributed by atoms with Gasteiger partial charge in [-0.25, -0.2) is 9.78 Å². The van der Waals surface area contributed by atoms with Crippen molar-refractivity contribution < 1.29 is 14.6 Å². The number of nitrogens with zero attached hydrogens (tertiary/aromatic N) is 2. The van der Waals surface area contributed by atoms with E-state index < -0.39 is 5.97 Å². The summed E-state index contributed by atoms with van der Waals surface area (Å²) in [5.41, 5.74) is 3.84. The highest BCUT2D eigenvalue weighted by Crippen LogP contribution is 2.30. The van der Waals surface area contributed by atoms with Crippen LogP contribution in [0.5, 0.6) is 5.75 Å². The number of nitrogens with one attached hydrogen (secondary N) is 1. The summed E-state index contributed by atoms with van der Waals surface area (Å²) in [6.45, 7) is 0.